The first-order valence-corrected chi connectivity index (χ1v) is 10.0. The molecule has 2 nitrogen and oxygen atoms in total. The second-order valence-corrected chi connectivity index (χ2v) is 7.27. The normalized spacial score (nSPS) is 11.0. The van der Waals surface area contributed by atoms with E-state index < -0.39 is 0 Å². The molecule has 5 aromatic carbocycles. The molecule has 0 saturated carbocycles. The van der Waals surface area contributed by atoms with Crippen molar-refractivity contribution in [3.05, 3.63) is 97.1 Å². The lowest BCUT2D eigenvalue weighted by Crippen LogP contribution is -1.94. The fourth-order valence-corrected chi connectivity index (χ4v) is 4.34. The molecule has 0 atom stereocenters. The highest BCUT2D eigenvalue weighted by atomic mass is 16.5. The van der Waals surface area contributed by atoms with Crippen molar-refractivity contribution in [2.24, 2.45) is 0 Å². The molecule has 0 radical (unpaired) electrons. The highest BCUT2D eigenvalue weighted by Gasteiger charge is 2.18. The Hall–Kier alpha value is -3.78. The highest BCUT2D eigenvalue weighted by Crippen LogP contribution is 2.46. The molecule has 5 rings (SSSR count). The third kappa shape index (κ3) is 2.89. The minimum atomic E-state index is 0.811. The smallest absolute Gasteiger partial charge is 0.126 e. The molecule has 0 saturated heterocycles. The van der Waals surface area contributed by atoms with Gasteiger partial charge in [0.2, 0.25) is 0 Å². The maximum absolute atomic E-state index is 5.76. The standard InChI is InChI=1S/C28H22O2/c1-29-20-16-17-26(30-2)25(18-20)28-23-14-8-6-12-21(23)27(19-10-4-3-5-11-19)22-13-7-9-15-24(22)28/h3-18H,1-2H3. The van der Waals surface area contributed by atoms with Crippen molar-refractivity contribution >= 4 is 21.5 Å². The Labute approximate surface area is 176 Å². The van der Waals surface area contributed by atoms with E-state index in [2.05, 4.69) is 84.9 Å². The Morgan fingerprint density at radius 2 is 1.03 bits per heavy atom. The lowest BCUT2D eigenvalue weighted by atomic mass is 9.86. The highest BCUT2D eigenvalue weighted by molar-refractivity contribution is 6.21. The lowest BCUT2D eigenvalue weighted by molar-refractivity contribution is 0.404. The molecule has 0 amide bonds. The van der Waals surface area contributed by atoms with Gasteiger partial charge in [0.05, 0.1) is 14.2 Å². The maximum atomic E-state index is 5.76. The van der Waals surface area contributed by atoms with E-state index in [0.29, 0.717) is 0 Å². The van der Waals surface area contributed by atoms with Crippen LogP contribution in [0.15, 0.2) is 97.1 Å². The van der Waals surface area contributed by atoms with E-state index in [1.54, 1.807) is 14.2 Å². The minimum Gasteiger partial charge on any atom is -0.497 e. The molecule has 2 heteroatoms. The van der Waals surface area contributed by atoms with Crippen LogP contribution in [0.3, 0.4) is 0 Å². The van der Waals surface area contributed by atoms with Crippen molar-refractivity contribution < 1.29 is 9.47 Å². The zero-order valence-electron chi connectivity index (χ0n) is 17.1. The largest absolute Gasteiger partial charge is 0.497 e. The molecule has 30 heavy (non-hydrogen) atoms. The summed E-state index contributed by atoms with van der Waals surface area (Å²) in [6, 6.07) is 33.8. The predicted molar refractivity (Wildman–Crippen MR) is 125 cm³/mol. The summed E-state index contributed by atoms with van der Waals surface area (Å²) in [5.74, 6) is 1.64. The first-order chi connectivity index (χ1) is 14.8. The Bertz CT molecular complexity index is 1300. The summed E-state index contributed by atoms with van der Waals surface area (Å²) in [4.78, 5) is 0. The van der Waals surface area contributed by atoms with Crippen LogP contribution in [-0.2, 0) is 0 Å². The van der Waals surface area contributed by atoms with Crippen LogP contribution in [0.4, 0.5) is 0 Å². The second-order valence-electron chi connectivity index (χ2n) is 7.27. The maximum Gasteiger partial charge on any atom is 0.126 e. The molecule has 0 aliphatic rings. The van der Waals surface area contributed by atoms with Crippen LogP contribution in [0.5, 0.6) is 11.5 Å². The molecule has 0 heterocycles. The van der Waals surface area contributed by atoms with E-state index in [4.69, 9.17) is 9.47 Å². The van der Waals surface area contributed by atoms with Crippen molar-refractivity contribution in [2.75, 3.05) is 14.2 Å². The van der Waals surface area contributed by atoms with Crippen LogP contribution in [0.2, 0.25) is 0 Å². The third-order valence-corrected chi connectivity index (χ3v) is 5.67. The molecule has 0 N–H and O–H groups in total. The first-order valence-electron chi connectivity index (χ1n) is 10.0. The van der Waals surface area contributed by atoms with E-state index in [-0.39, 0.29) is 0 Å². The summed E-state index contributed by atoms with van der Waals surface area (Å²) in [5.41, 5.74) is 4.67. The van der Waals surface area contributed by atoms with Crippen LogP contribution >= 0.6 is 0 Å². The summed E-state index contributed by atoms with van der Waals surface area (Å²) >= 11 is 0. The third-order valence-electron chi connectivity index (χ3n) is 5.67. The summed E-state index contributed by atoms with van der Waals surface area (Å²) in [6.07, 6.45) is 0. The van der Waals surface area contributed by atoms with Gasteiger partial charge in [-0.3, -0.25) is 0 Å². The number of benzene rings is 5. The van der Waals surface area contributed by atoms with Gasteiger partial charge < -0.3 is 9.47 Å². The van der Waals surface area contributed by atoms with E-state index in [1.165, 1.54) is 32.7 Å². The van der Waals surface area contributed by atoms with Crippen molar-refractivity contribution in [3.63, 3.8) is 0 Å². The van der Waals surface area contributed by atoms with E-state index in [0.717, 1.165) is 22.6 Å². The molecule has 0 aliphatic carbocycles. The predicted octanol–water partition coefficient (Wildman–Crippen LogP) is 7.34. The molecule has 0 aromatic heterocycles. The minimum absolute atomic E-state index is 0.811. The van der Waals surface area contributed by atoms with Crippen molar-refractivity contribution in [3.8, 4) is 33.8 Å². The van der Waals surface area contributed by atoms with Gasteiger partial charge >= 0.3 is 0 Å². The Balaban J connectivity index is 1.99. The molecular formula is C28H22O2. The number of hydrogen-bond acceptors (Lipinski definition) is 2. The zero-order chi connectivity index (χ0) is 20.5. The quantitative estimate of drug-likeness (QED) is 0.299. The average Bonchev–Trinajstić information content (AvgIpc) is 2.82. The van der Waals surface area contributed by atoms with E-state index in [1.807, 2.05) is 12.1 Å². The van der Waals surface area contributed by atoms with Crippen molar-refractivity contribution in [1.29, 1.82) is 0 Å². The van der Waals surface area contributed by atoms with Crippen LogP contribution in [0.25, 0.3) is 43.8 Å². The number of fused-ring (bicyclic) bond motifs is 2. The number of methoxy groups -OCH3 is 2. The SMILES string of the molecule is COc1ccc(OC)c(-c2c3ccccc3c(-c3ccccc3)c3ccccc23)c1. The fraction of sp³-hybridized carbons (Fsp3) is 0.0714. The van der Waals surface area contributed by atoms with Gasteiger partial charge in [-0.05, 0) is 50.9 Å². The van der Waals surface area contributed by atoms with Crippen molar-refractivity contribution in [1.82, 2.24) is 0 Å². The molecule has 5 aromatic rings. The Morgan fingerprint density at radius 1 is 0.500 bits per heavy atom. The van der Waals surface area contributed by atoms with Gasteiger partial charge in [0.15, 0.2) is 0 Å². The fourth-order valence-electron chi connectivity index (χ4n) is 4.34. The Morgan fingerprint density at radius 3 is 1.57 bits per heavy atom. The monoisotopic (exact) mass is 390 g/mol. The Kier molecular flexibility index (Phi) is 4.61. The van der Waals surface area contributed by atoms with Gasteiger partial charge in [-0.15, -0.1) is 0 Å². The van der Waals surface area contributed by atoms with E-state index in [9.17, 15) is 0 Å². The van der Waals surface area contributed by atoms with Gasteiger partial charge in [-0.25, -0.2) is 0 Å². The van der Waals surface area contributed by atoms with E-state index >= 15 is 0 Å². The van der Waals surface area contributed by atoms with Crippen LogP contribution in [-0.4, -0.2) is 14.2 Å². The zero-order valence-corrected chi connectivity index (χ0v) is 17.1. The van der Waals surface area contributed by atoms with Crippen LogP contribution < -0.4 is 9.47 Å². The summed E-state index contributed by atoms with van der Waals surface area (Å²) in [7, 11) is 3.41. The number of rotatable bonds is 4. The molecule has 0 spiro atoms. The van der Waals surface area contributed by atoms with Crippen LogP contribution in [0.1, 0.15) is 0 Å². The molecule has 0 fully saturated rings. The van der Waals surface area contributed by atoms with Gasteiger partial charge in [0, 0.05) is 11.1 Å². The second kappa shape index (κ2) is 7.57. The molecule has 0 aliphatic heterocycles. The first kappa shape index (κ1) is 18.3. The summed E-state index contributed by atoms with van der Waals surface area (Å²) in [5, 5.41) is 4.84. The van der Waals surface area contributed by atoms with Gasteiger partial charge in [0.25, 0.3) is 0 Å². The molecule has 146 valence electrons. The molecule has 0 unspecified atom stereocenters. The number of ether oxygens (including phenoxy) is 2. The topological polar surface area (TPSA) is 18.5 Å². The molecular weight excluding hydrogens is 368 g/mol. The average molecular weight is 390 g/mol. The lowest BCUT2D eigenvalue weighted by Gasteiger charge is -2.19. The van der Waals surface area contributed by atoms with Crippen LogP contribution in [0, 0.1) is 0 Å². The number of hydrogen-bond donors (Lipinski definition) is 0. The summed E-state index contributed by atoms with van der Waals surface area (Å²) in [6.45, 7) is 0. The van der Waals surface area contributed by atoms with Crippen molar-refractivity contribution in [2.45, 2.75) is 0 Å². The van der Waals surface area contributed by atoms with Gasteiger partial charge in [-0.1, -0.05) is 78.9 Å². The summed E-state index contributed by atoms with van der Waals surface area (Å²) < 4.78 is 11.3. The molecule has 0 bridgehead atoms. The van der Waals surface area contributed by atoms with Gasteiger partial charge in [-0.2, -0.15) is 0 Å². The van der Waals surface area contributed by atoms with Gasteiger partial charge in [0.1, 0.15) is 11.5 Å².